The van der Waals surface area contributed by atoms with Crippen LogP contribution in [-0.4, -0.2) is 83.6 Å². The second-order valence-electron chi connectivity index (χ2n) is 9.32. The summed E-state index contributed by atoms with van der Waals surface area (Å²) in [4.78, 5) is 57.6. The standard InChI is InChI=1S/C22H39N7O4/c1-14(2)12-16(23)20(32)29-11-5-8-18(29)21(33)28-10-4-7-17(28)19(31)27-15(13-30)6-3-9-26-22(24)25/h13-18H,3-12,23H2,1-2H3,(H,27,31)(H4,24,25,26)/t15-,16-,17-,18-/m0/s1. The van der Waals surface area contributed by atoms with Crippen LogP contribution in [0.5, 0.6) is 0 Å². The van der Waals surface area contributed by atoms with Crippen LogP contribution >= 0.6 is 0 Å². The molecule has 0 spiro atoms. The molecule has 2 fully saturated rings. The van der Waals surface area contributed by atoms with Crippen molar-refractivity contribution >= 4 is 30.0 Å². The van der Waals surface area contributed by atoms with Gasteiger partial charge in [-0.05, 0) is 50.9 Å². The van der Waals surface area contributed by atoms with Crippen molar-refractivity contribution in [3.63, 3.8) is 0 Å². The molecule has 2 saturated heterocycles. The average Bonchev–Trinajstić information content (AvgIpc) is 3.44. The molecule has 0 aromatic carbocycles. The SMILES string of the molecule is CC(C)C[C@H](N)C(=O)N1CCC[C@H]1C(=O)N1CCC[C@H]1C(=O)N[C@H](C=O)CCCN=C(N)N. The first-order chi connectivity index (χ1) is 15.6. The van der Waals surface area contributed by atoms with E-state index in [2.05, 4.69) is 10.3 Å². The largest absolute Gasteiger partial charge is 0.370 e. The minimum absolute atomic E-state index is 0.0219. The second kappa shape index (κ2) is 12.5. The van der Waals surface area contributed by atoms with Crippen LogP contribution in [0.2, 0.25) is 0 Å². The van der Waals surface area contributed by atoms with Gasteiger partial charge in [-0.1, -0.05) is 13.8 Å². The normalized spacial score (nSPS) is 22.2. The van der Waals surface area contributed by atoms with Crippen LogP contribution in [0.15, 0.2) is 4.99 Å². The number of carbonyl (C=O) groups is 4. The Labute approximate surface area is 195 Å². The third-order valence-electron chi connectivity index (χ3n) is 6.16. The maximum absolute atomic E-state index is 13.4. The number of amides is 3. The van der Waals surface area contributed by atoms with Gasteiger partial charge in [0.1, 0.15) is 18.4 Å². The van der Waals surface area contributed by atoms with Crippen molar-refractivity contribution in [3.05, 3.63) is 0 Å². The van der Waals surface area contributed by atoms with Gasteiger partial charge in [-0.15, -0.1) is 0 Å². The summed E-state index contributed by atoms with van der Waals surface area (Å²) in [6, 6.07) is -2.56. The third-order valence-corrected chi connectivity index (χ3v) is 6.16. The highest BCUT2D eigenvalue weighted by Gasteiger charge is 2.43. The fraction of sp³-hybridized carbons (Fsp3) is 0.773. The number of carbonyl (C=O) groups excluding carboxylic acids is 4. The summed E-state index contributed by atoms with van der Waals surface area (Å²) >= 11 is 0. The predicted molar refractivity (Wildman–Crippen MR) is 125 cm³/mol. The van der Waals surface area contributed by atoms with E-state index >= 15 is 0 Å². The van der Waals surface area contributed by atoms with E-state index in [1.807, 2.05) is 13.8 Å². The number of guanidine groups is 1. The molecule has 0 aromatic heterocycles. The zero-order valence-corrected chi connectivity index (χ0v) is 19.7. The van der Waals surface area contributed by atoms with Gasteiger partial charge in [0, 0.05) is 19.6 Å². The summed E-state index contributed by atoms with van der Waals surface area (Å²) in [7, 11) is 0. The summed E-state index contributed by atoms with van der Waals surface area (Å²) in [6.07, 6.45) is 4.66. The van der Waals surface area contributed by atoms with Crippen LogP contribution in [0.25, 0.3) is 0 Å². The molecule has 0 saturated carbocycles. The minimum atomic E-state index is -0.678. The van der Waals surface area contributed by atoms with E-state index in [0.717, 1.165) is 6.42 Å². The number of likely N-dealkylation sites (tertiary alicyclic amines) is 2. The molecule has 2 aliphatic rings. The van der Waals surface area contributed by atoms with Gasteiger partial charge in [-0.25, -0.2) is 0 Å². The summed E-state index contributed by atoms with van der Waals surface area (Å²) < 4.78 is 0. The molecule has 4 atom stereocenters. The Bertz CT molecular complexity index is 738. The first kappa shape index (κ1) is 26.6. The van der Waals surface area contributed by atoms with Gasteiger partial charge in [0.15, 0.2) is 5.96 Å². The van der Waals surface area contributed by atoms with E-state index in [1.165, 1.54) is 0 Å². The van der Waals surface area contributed by atoms with Crippen molar-refractivity contribution in [1.82, 2.24) is 15.1 Å². The Kier molecular flexibility index (Phi) is 10.1. The average molecular weight is 466 g/mol. The molecular weight excluding hydrogens is 426 g/mol. The van der Waals surface area contributed by atoms with Gasteiger partial charge in [0.25, 0.3) is 0 Å². The molecule has 2 rings (SSSR count). The molecule has 2 aliphatic heterocycles. The monoisotopic (exact) mass is 465 g/mol. The fourth-order valence-corrected chi connectivity index (χ4v) is 4.58. The van der Waals surface area contributed by atoms with Gasteiger partial charge < -0.3 is 37.1 Å². The van der Waals surface area contributed by atoms with Crippen LogP contribution < -0.4 is 22.5 Å². The minimum Gasteiger partial charge on any atom is -0.370 e. The van der Waals surface area contributed by atoms with E-state index in [4.69, 9.17) is 17.2 Å². The van der Waals surface area contributed by atoms with Crippen LogP contribution in [0.3, 0.4) is 0 Å². The predicted octanol–water partition coefficient (Wildman–Crippen LogP) is -0.921. The van der Waals surface area contributed by atoms with Crippen molar-refractivity contribution in [2.45, 2.75) is 83.0 Å². The topological polar surface area (TPSA) is 177 Å². The summed E-state index contributed by atoms with van der Waals surface area (Å²) in [5.74, 6) is -0.525. The van der Waals surface area contributed by atoms with Gasteiger partial charge in [0.05, 0.1) is 12.1 Å². The Balaban J connectivity index is 1.99. The lowest BCUT2D eigenvalue weighted by atomic mass is 10.0. The van der Waals surface area contributed by atoms with Gasteiger partial charge in [0.2, 0.25) is 17.7 Å². The molecule has 0 unspecified atom stereocenters. The van der Waals surface area contributed by atoms with Crippen molar-refractivity contribution < 1.29 is 19.2 Å². The van der Waals surface area contributed by atoms with E-state index in [9.17, 15) is 19.2 Å². The van der Waals surface area contributed by atoms with Gasteiger partial charge >= 0.3 is 0 Å². The number of hydrogen-bond donors (Lipinski definition) is 4. The lowest BCUT2D eigenvalue weighted by Gasteiger charge is -2.32. The number of rotatable bonds is 11. The Morgan fingerprint density at radius 1 is 1.09 bits per heavy atom. The Morgan fingerprint density at radius 3 is 2.33 bits per heavy atom. The first-order valence-corrected chi connectivity index (χ1v) is 11.8. The highest BCUT2D eigenvalue weighted by Crippen LogP contribution is 2.26. The highest BCUT2D eigenvalue weighted by molar-refractivity contribution is 5.94. The van der Waals surface area contributed by atoms with Gasteiger partial charge in [-0.3, -0.25) is 19.4 Å². The molecule has 0 aromatic rings. The number of hydrogen-bond acceptors (Lipinski definition) is 6. The molecule has 0 aliphatic carbocycles. The van der Waals surface area contributed by atoms with Crippen molar-refractivity contribution in [2.75, 3.05) is 19.6 Å². The number of aldehydes is 1. The summed E-state index contributed by atoms with van der Waals surface area (Å²) in [5, 5.41) is 2.73. The van der Waals surface area contributed by atoms with E-state index in [1.54, 1.807) is 9.80 Å². The molecule has 0 bridgehead atoms. The second-order valence-corrected chi connectivity index (χ2v) is 9.32. The maximum Gasteiger partial charge on any atom is 0.246 e. The highest BCUT2D eigenvalue weighted by atomic mass is 16.2. The van der Waals surface area contributed by atoms with Crippen LogP contribution in [0, 0.1) is 5.92 Å². The summed E-state index contributed by atoms with van der Waals surface area (Å²) in [6.45, 7) is 5.31. The first-order valence-electron chi connectivity index (χ1n) is 11.8. The van der Waals surface area contributed by atoms with E-state index < -0.39 is 24.2 Å². The Hall–Kier alpha value is -2.69. The zero-order chi connectivity index (χ0) is 24.5. The van der Waals surface area contributed by atoms with E-state index in [0.29, 0.717) is 64.4 Å². The van der Waals surface area contributed by atoms with Crippen LogP contribution in [-0.2, 0) is 19.2 Å². The lowest BCUT2D eigenvalue weighted by molar-refractivity contribution is -0.147. The number of aliphatic imine (C=N–C) groups is 1. The molecule has 11 heteroatoms. The third kappa shape index (κ3) is 7.41. The number of nitrogens with two attached hydrogens (primary N) is 3. The molecule has 3 amide bonds. The van der Waals surface area contributed by atoms with Crippen molar-refractivity contribution in [1.29, 1.82) is 0 Å². The van der Waals surface area contributed by atoms with Crippen molar-refractivity contribution in [2.24, 2.45) is 28.1 Å². The van der Waals surface area contributed by atoms with Crippen molar-refractivity contribution in [3.8, 4) is 0 Å². The molecule has 33 heavy (non-hydrogen) atoms. The smallest absolute Gasteiger partial charge is 0.246 e. The molecular formula is C22H39N7O4. The molecule has 7 N–H and O–H groups in total. The maximum atomic E-state index is 13.4. The van der Waals surface area contributed by atoms with Crippen LogP contribution in [0.1, 0.15) is 58.8 Å². The Morgan fingerprint density at radius 2 is 1.73 bits per heavy atom. The molecule has 11 nitrogen and oxygen atoms in total. The number of nitrogens with zero attached hydrogens (tertiary/aromatic N) is 3. The van der Waals surface area contributed by atoms with Crippen LogP contribution in [0.4, 0.5) is 0 Å². The number of nitrogens with one attached hydrogen (secondary N) is 1. The summed E-state index contributed by atoms with van der Waals surface area (Å²) in [5.41, 5.74) is 16.7. The zero-order valence-electron chi connectivity index (χ0n) is 19.7. The van der Waals surface area contributed by atoms with E-state index in [-0.39, 0.29) is 29.6 Å². The fourth-order valence-electron chi connectivity index (χ4n) is 4.58. The van der Waals surface area contributed by atoms with Gasteiger partial charge in [-0.2, -0.15) is 0 Å². The lowest BCUT2D eigenvalue weighted by Crippen LogP contribution is -2.56. The quantitative estimate of drug-likeness (QED) is 0.132. The molecule has 2 heterocycles. The molecule has 186 valence electrons. The molecule has 0 radical (unpaired) electrons.